The number of benzene rings is 1. The van der Waals surface area contributed by atoms with Crippen LogP contribution in [0, 0.1) is 15.9 Å². The molecule has 0 amide bonds. The van der Waals surface area contributed by atoms with Crippen molar-refractivity contribution in [3.63, 3.8) is 0 Å². The maximum Gasteiger partial charge on any atom is 0.272 e. The van der Waals surface area contributed by atoms with Crippen LogP contribution in [0.15, 0.2) is 12.1 Å². The second kappa shape index (κ2) is 4.70. The zero-order valence-electron chi connectivity index (χ0n) is 8.16. The molecule has 0 bridgehead atoms. The first kappa shape index (κ1) is 11.4. The van der Waals surface area contributed by atoms with Crippen LogP contribution in [0.1, 0.15) is 5.56 Å². The third kappa shape index (κ3) is 2.63. The van der Waals surface area contributed by atoms with Crippen molar-refractivity contribution >= 4 is 5.69 Å². The topological polar surface area (TPSA) is 75.4 Å². The van der Waals surface area contributed by atoms with Crippen LogP contribution in [0.2, 0.25) is 0 Å². The summed E-state index contributed by atoms with van der Waals surface area (Å²) < 4.78 is 13.1. The highest BCUT2D eigenvalue weighted by molar-refractivity contribution is 5.44. The molecule has 0 aliphatic heterocycles. The van der Waals surface area contributed by atoms with Gasteiger partial charge in [0.2, 0.25) is 0 Å². The Morgan fingerprint density at radius 3 is 2.80 bits per heavy atom. The van der Waals surface area contributed by atoms with Gasteiger partial charge in [-0.25, -0.2) is 4.39 Å². The summed E-state index contributed by atoms with van der Waals surface area (Å²) >= 11 is 0. The van der Waals surface area contributed by atoms with Crippen molar-refractivity contribution in [3.05, 3.63) is 33.6 Å². The summed E-state index contributed by atoms with van der Waals surface area (Å²) in [6.07, 6.45) is 0.334. The number of phenols is 1. The van der Waals surface area contributed by atoms with E-state index in [-0.39, 0.29) is 11.3 Å². The van der Waals surface area contributed by atoms with E-state index in [0.29, 0.717) is 19.0 Å². The lowest BCUT2D eigenvalue weighted by molar-refractivity contribution is -0.385. The number of nitro groups is 1. The van der Waals surface area contributed by atoms with Gasteiger partial charge in [-0.3, -0.25) is 10.1 Å². The van der Waals surface area contributed by atoms with Gasteiger partial charge >= 0.3 is 0 Å². The minimum absolute atomic E-state index is 0.232. The molecular weight excluding hydrogens is 203 g/mol. The highest BCUT2D eigenvalue weighted by Gasteiger charge is 2.15. The van der Waals surface area contributed by atoms with Gasteiger partial charge in [0.05, 0.1) is 11.0 Å². The number of nitrogens with zero attached hydrogens (tertiary/aromatic N) is 1. The predicted molar refractivity (Wildman–Crippen MR) is 52.3 cm³/mol. The number of hydrogen-bond donors (Lipinski definition) is 2. The second-order valence-corrected chi connectivity index (χ2v) is 3.05. The lowest BCUT2D eigenvalue weighted by Gasteiger charge is -2.04. The minimum atomic E-state index is -0.963. The molecular formula is C9H11FN2O3. The Hall–Kier alpha value is -1.69. The van der Waals surface area contributed by atoms with Crippen LogP contribution in [0.25, 0.3) is 0 Å². The molecule has 5 nitrogen and oxygen atoms in total. The Labute approximate surface area is 85.7 Å². The van der Waals surface area contributed by atoms with E-state index in [9.17, 15) is 19.6 Å². The first-order valence-electron chi connectivity index (χ1n) is 4.36. The van der Waals surface area contributed by atoms with Gasteiger partial charge in [-0.2, -0.15) is 0 Å². The highest BCUT2D eigenvalue weighted by atomic mass is 19.1. The third-order valence-electron chi connectivity index (χ3n) is 1.98. The molecule has 6 heteroatoms. The number of non-ortho nitro benzene ring substituents is 1. The Kier molecular flexibility index (Phi) is 3.56. The van der Waals surface area contributed by atoms with E-state index in [2.05, 4.69) is 5.32 Å². The number of aromatic hydroxyl groups is 1. The number of nitro benzene ring substituents is 1. The molecule has 2 N–H and O–H groups in total. The van der Waals surface area contributed by atoms with Gasteiger partial charge < -0.3 is 10.4 Å². The van der Waals surface area contributed by atoms with Gasteiger partial charge in [0.15, 0.2) is 11.6 Å². The van der Waals surface area contributed by atoms with E-state index in [1.165, 1.54) is 6.07 Å². The molecule has 1 aromatic rings. The number of hydrogen-bond acceptors (Lipinski definition) is 4. The largest absolute Gasteiger partial charge is 0.505 e. The molecule has 0 spiro atoms. The van der Waals surface area contributed by atoms with E-state index >= 15 is 0 Å². The van der Waals surface area contributed by atoms with Crippen molar-refractivity contribution in [2.75, 3.05) is 13.6 Å². The van der Waals surface area contributed by atoms with Crippen LogP contribution in [0.5, 0.6) is 5.75 Å². The summed E-state index contributed by atoms with van der Waals surface area (Å²) in [5, 5.41) is 22.5. The van der Waals surface area contributed by atoms with Crippen LogP contribution in [0.3, 0.4) is 0 Å². The maximum absolute atomic E-state index is 13.1. The summed E-state index contributed by atoms with van der Waals surface area (Å²) in [4.78, 5) is 9.74. The number of halogens is 1. The van der Waals surface area contributed by atoms with Gasteiger partial charge in [-0.05, 0) is 20.0 Å². The van der Waals surface area contributed by atoms with E-state index in [1.807, 2.05) is 0 Å². The molecule has 0 heterocycles. The molecule has 0 saturated carbocycles. The first-order valence-corrected chi connectivity index (χ1v) is 4.36. The molecule has 0 aromatic heterocycles. The quantitative estimate of drug-likeness (QED) is 0.583. The fraction of sp³-hybridized carbons (Fsp3) is 0.333. The summed E-state index contributed by atoms with van der Waals surface area (Å²) in [5.74, 6) is -1.48. The Bertz CT molecular complexity index is 382. The molecule has 15 heavy (non-hydrogen) atoms. The van der Waals surface area contributed by atoms with Crippen LogP contribution in [-0.4, -0.2) is 23.6 Å². The van der Waals surface area contributed by atoms with Crippen molar-refractivity contribution in [2.24, 2.45) is 0 Å². The third-order valence-corrected chi connectivity index (χ3v) is 1.98. The molecule has 0 unspecified atom stereocenters. The summed E-state index contributed by atoms with van der Waals surface area (Å²) in [7, 11) is 1.70. The van der Waals surface area contributed by atoms with Crippen LogP contribution in [0.4, 0.5) is 10.1 Å². The number of nitrogens with one attached hydrogen (secondary N) is 1. The van der Waals surface area contributed by atoms with Crippen LogP contribution in [-0.2, 0) is 6.42 Å². The van der Waals surface area contributed by atoms with Gasteiger partial charge in [0.25, 0.3) is 5.69 Å². The molecule has 0 aliphatic rings. The molecule has 0 fully saturated rings. The summed E-state index contributed by atoms with van der Waals surface area (Å²) in [6.45, 7) is 0.508. The lowest BCUT2D eigenvalue weighted by atomic mass is 10.1. The van der Waals surface area contributed by atoms with Crippen LogP contribution >= 0.6 is 0 Å². The lowest BCUT2D eigenvalue weighted by Crippen LogP contribution is -2.10. The first-order chi connectivity index (χ1) is 7.06. The maximum atomic E-state index is 13.1. The van der Waals surface area contributed by atoms with E-state index < -0.39 is 16.5 Å². The van der Waals surface area contributed by atoms with Crippen molar-refractivity contribution in [1.82, 2.24) is 5.32 Å². The minimum Gasteiger partial charge on any atom is -0.505 e. The van der Waals surface area contributed by atoms with Gasteiger partial charge in [-0.1, -0.05) is 0 Å². The second-order valence-electron chi connectivity index (χ2n) is 3.05. The summed E-state index contributed by atoms with van der Waals surface area (Å²) in [6, 6.07) is 1.88. The molecule has 0 atom stereocenters. The zero-order chi connectivity index (χ0) is 11.4. The van der Waals surface area contributed by atoms with Crippen molar-refractivity contribution in [1.29, 1.82) is 0 Å². The number of likely N-dealkylation sites (N-methyl/N-ethyl adjacent to an activating group) is 1. The van der Waals surface area contributed by atoms with Gasteiger partial charge in [-0.15, -0.1) is 0 Å². The van der Waals surface area contributed by atoms with Crippen molar-refractivity contribution < 1.29 is 14.4 Å². The average molecular weight is 214 g/mol. The zero-order valence-corrected chi connectivity index (χ0v) is 8.16. The molecule has 0 aliphatic carbocycles. The molecule has 0 radical (unpaired) electrons. The van der Waals surface area contributed by atoms with Crippen LogP contribution < -0.4 is 5.32 Å². The normalized spacial score (nSPS) is 10.3. The molecule has 0 saturated heterocycles. The summed E-state index contributed by atoms with van der Waals surface area (Å²) in [5.41, 5.74) is -0.118. The van der Waals surface area contributed by atoms with Gasteiger partial charge in [0.1, 0.15) is 0 Å². The van der Waals surface area contributed by atoms with Crippen molar-refractivity contribution in [3.8, 4) is 5.75 Å². The Morgan fingerprint density at radius 1 is 1.60 bits per heavy atom. The molecule has 82 valence electrons. The standard InChI is InChI=1S/C9H11FN2O3/c1-11-3-2-6-4-7(12(14)15)5-8(10)9(6)13/h4-5,11,13H,2-3H2,1H3. The van der Waals surface area contributed by atoms with E-state index in [0.717, 1.165) is 0 Å². The van der Waals surface area contributed by atoms with Gasteiger partial charge in [0, 0.05) is 11.6 Å². The number of rotatable bonds is 4. The monoisotopic (exact) mass is 214 g/mol. The van der Waals surface area contributed by atoms with E-state index in [1.54, 1.807) is 7.05 Å². The van der Waals surface area contributed by atoms with E-state index in [4.69, 9.17) is 0 Å². The SMILES string of the molecule is CNCCc1cc([N+](=O)[O-])cc(F)c1O. The van der Waals surface area contributed by atoms with Crippen molar-refractivity contribution in [2.45, 2.75) is 6.42 Å². The Balaban J connectivity index is 3.07. The fourth-order valence-electron chi connectivity index (χ4n) is 1.20. The predicted octanol–water partition coefficient (Wildman–Crippen LogP) is 1.20. The molecule has 1 rings (SSSR count). The highest BCUT2D eigenvalue weighted by Crippen LogP contribution is 2.27. The average Bonchev–Trinajstić information content (AvgIpc) is 2.19. The smallest absolute Gasteiger partial charge is 0.272 e. The number of phenolic OH excluding ortho intramolecular Hbond substituents is 1. The fourth-order valence-corrected chi connectivity index (χ4v) is 1.20. The molecule has 1 aromatic carbocycles. The Morgan fingerprint density at radius 2 is 2.27 bits per heavy atom.